The van der Waals surface area contributed by atoms with E-state index in [0.29, 0.717) is 6.61 Å². The molecular weight excluding hydrogens is 407 g/mol. The van der Waals surface area contributed by atoms with Crippen molar-refractivity contribution in [2.75, 3.05) is 32.8 Å². The lowest BCUT2D eigenvalue weighted by Crippen LogP contribution is -2.39. The van der Waals surface area contributed by atoms with Crippen molar-refractivity contribution >= 4 is 29.9 Å². The molecule has 0 fully saturated rings. The molecule has 0 amide bonds. The Kier molecular flexibility index (Phi) is 13.8. The second-order valence-corrected chi connectivity index (χ2v) is 4.82. The zero-order valence-corrected chi connectivity index (χ0v) is 16.4. The monoisotopic (exact) mass is 436 g/mol. The number of pyridine rings is 1. The third-order valence-electron chi connectivity index (χ3n) is 3.06. The minimum absolute atomic E-state index is 0. The van der Waals surface area contributed by atoms with Gasteiger partial charge in [0.15, 0.2) is 5.96 Å². The van der Waals surface area contributed by atoms with Crippen molar-refractivity contribution in [1.82, 2.24) is 15.2 Å². The van der Waals surface area contributed by atoms with Crippen LogP contribution in [0.5, 0.6) is 0 Å². The highest BCUT2D eigenvalue weighted by Crippen LogP contribution is 1.94. The molecule has 0 bridgehead atoms. The number of halogens is 1. The van der Waals surface area contributed by atoms with E-state index in [1.54, 1.807) is 16.7 Å². The lowest BCUT2D eigenvalue weighted by atomic mass is 10.3. The number of unbranched alkanes of at least 4 members (excludes halogenated alkanes) is 1. The van der Waals surface area contributed by atoms with E-state index in [1.165, 1.54) is 0 Å². The summed E-state index contributed by atoms with van der Waals surface area (Å²) in [5.41, 5.74) is 0.0527. The molecule has 0 saturated heterocycles. The van der Waals surface area contributed by atoms with E-state index in [-0.39, 0.29) is 29.5 Å². The fourth-order valence-electron chi connectivity index (χ4n) is 1.96. The first-order chi connectivity index (χ1) is 10.8. The molecule has 0 aromatic carbocycles. The minimum atomic E-state index is 0. The van der Waals surface area contributed by atoms with Crippen molar-refractivity contribution in [3.8, 4) is 0 Å². The van der Waals surface area contributed by atoms with Gasteiger partial charge in [0.1, 0.15) is 0 Å². The third kappa shape index (κ3) is 10.3. The Morgan fingerprint density at radius 3 is 2.78 bits per heavy atom. The average Bonchev–Trinajstić information content (AvgIpc) is 2.52. The summed E-state index contributed by atoms with van der Waals surface area (Å²) in [6, 6.07) is 5.23. The number of nitrogens with zero attached hydrogens (tertiary/aromatic N) is 2. The van der Waals surface area contributed by atoms with Crippen LogP contribution >= 0.6 is 24.0 Å². The fraction of sp³-hybridized carbons (Fsp3) is 0.625. The average molecular weight is 436 g/mol. The van der Waals surface area contributed by atoms with Gasteiger partial charge in [0.25, 0.3) is 0 Å². The maximum absolute atomic E-state index is 11.6. The highest BCUT2D eigenvalue weighted by Gasteiger charge is 1.97. The molecule has 1 heterocycles. The van der Waals surface area contributed by atoms with Gasteiger partial charge in [0, 0.05) is 45.0 Å². The predicted octanol–water partition coefficient (Wildman–Crippen LogP) is 1.84. The van der Waals surface area contributed by atoms with Gasteiger partial charge in [0.05, 0.1) is 6.61 Å². The smallest absolute Gasteiger partial charge is 0.250 e. The van der Waals surface area contributed by atoms with Crippen LogP contribution in [0.15, 0.2) is 34.2 Å². The summed E-state index contributed by atoms with van der Waals surface area (Å²) < 4.78 is 7.02. The number of hydrogen-bond donors (Lipinski definition) is 2. The van der Waals surface area contributed by atoms with Gasteiger partial charge in [-0.1, -0.05) is 6.07 Å². The Bertz CT molecular complexity index is 491. The Morgan fingerprint density at radius 1 is 1.26 bits per heavy atom. The number of guanidine groups is 1. The lowest BCUT2D eigenvalue weighted by Gasteiger charge is -2.11. The van der Waals surface area contributed by atoms with Crippen LogP contribution in [0.25, 0.3) is 0 Å². The molecule has 7 heteroatoms. The van der Waals surface area contributed by atoms with Crippen molar-refractivity contribution in [2.24, 2.45) is 4.99 Å². The van der Waals surface area contributed by atoms with Gasteiger partial charge in [-0.25, -0.2) is 0 Å². The van der Waals surface area contributed by atoms with Gasteiger partial charge >= 0.3 is 0 Å². The van der Waals surface area contributed by atoms with Crippen LogP contribution in [-0.4, -0.2) is 43.4 Å². The standard InChI is InChI=1S/C16H28N4O2.HI/c1-3-17-16(19-11-14-22-4-2)18-10-6-8-13-20-12-7-5-9-15(20)21;/h5,7,9,12H,3-4,6,8,10-11,13-14H2,1-2H3,(H2,17,18,19);1H. The van der Waals surface area contributed by atoms with Crippen LogP contribution in [0, 0.1) is 0 Å². The number of rotatable bonds is 10. The highest BCUT2D eigenvalue weighted by molar-refractivity contribution is 14.0. The summed E-state index contributed by atoms with van der Waals surface area (Å²) in [7, 11) is 0. The number of ether oxygens (including phenoxy) is 1. The molecule has 2 N–H and O–H groups in total. The van der Waals surface area contributed by atoms with E-state index in [0.717, 1.165) is 51.6 Å². The summed E-state index contributed by atoms with van der Waals surface area (Å²) in [5, 5.41) is 6.44. The largest absolute Gasteiger partial charge is 0.380 e. The molecule has 0 saturated carbocycles. The molecule has 0 unspecified atom stereocenters. The lowest BCUT2D eigenvalue weighted by molar-refractivity contribution is 0.152. The van der Waals surface area contributed by atoms with E-state index in [9.17, 15) is 4.79 Å². The van der Waals surface area contributed by atoms with Crippen LogP contribution in [0.1, 0.15) is 26.7 Å². The minimum Gasteiger partial charge on any atom is -0.380 e. The molecular formula is C16H29IN4O2. The number of hydrogen-bond acceptors (Lipinski definition) is 3. The summed E-state index contributed by atoms with van der Waals surface area (Å²) in [6.07, 6.45) is 3.71. The van der Waals surface area contributed by atoms with Crippen molar-refractivity contribution < 1.29 is 4.74 Å². The SMILES string of the molecule is CCNC(=NCCCCn1ccccc1=O)NCCOCC.I. The number of nitrogens with one attached hydrogen (secondary N) is 2. The molecule has 0 aliphatic carbocycles. The molecule has 23 heavy (non-hydrogen) atoms. The van der Waals surface area contributed by atoms with E-state index in [2.05, 4.69) is 15.6 Å². The summed E-state index contributed by atoms with van der Waals surface area (Å²) in [6.45, 7) is 8.50. The first-order valence-corrected chi connectivity index (χ1v) is 8.03. The molecule has 0 aliphatic rings. The highest BCUT2D eigenvalue weighted by atomic mass is 127. The molecule has 132 valence electrons. The Balaban J connectivity index is 0.00000484. The third-order valence-corrected chi connectivity index (χ3v) is 3.06. The van der Waals surface area contributed by atoms with Gasteiger partial charge in [-0.2, -0.15) is 0 Å². The van der Waals surface area contributed by atoms with E-state index in [4.69, 9.17) is 4.74 Å². The van der Waals surface area contributed by atoms with Gasteiger partial charge in [-0.05, 0) is 32.8 Å². The van der Waals surface area contributed by atoms with E-state index >= 15 is 0 Å². The van der Waals surface area contributed by atoms with Crippen molar-refractivity contribution in [3.05, 3.63) is 34.7 Å². The Labute approximate surface area is 155 Å². The molecule has 0 atom stereocenters. The van der Waals surface area contributed by atoms with Gasteiger partial charge in [-0.3, -0.25) is 9.79 Å². The predicted molar refractivity (Wildman–Crippen MR) is 106 cm³/mol. The van der Waals surface area contributed by atoms with E-state index in [1.807, 2.05) is 26.1 Å². The van der Waals surface area contributed by atoms with Crippen LogP contribution in [0.3, 0.4) is 0 Å². The number of aromatic nitrogens is 1. The van der Waals surface area contributed by atoms with Crippen LogP contribution < -0.4 is 16.2 Å². The normalized spacial score (nSPS) is 11.0. The number of aliphatic imine (C=N–C) groups is 1. The van der Waals surface area contributed by atoms with Crippen molar-refractivity contribution in [3.63, 3.8) is 0 Å². The molecule has 0 spiro atoms. The quantitative estimate of drug-likeness (QED) is 0.254. The molecule has 1 aromatic heterocycles. The molecule has 0 radical (unpaired) electrons. The van der Waals surface area contributed by atoms with Gasteiger partial charge in [-0.15, -0.1) is 24.0 Å². The van der Waals surface area contributed by atoms with Gasteiger partial charge < -0.3 is 19.9 Å². The molecule has 6 nitrogen and oxygen atoms in total. The summed E-state index contributed by atoms with van der Waals surface area (Å²) in [4.78, 5) is 16.1. The van der Waals surface area contributed by atoms with Crippen LogP contribution in [0.2, 0.25) is 0 Å². The van der Waals surface area contributed by atoms with Gasteiger partial charge in [0.2, 0.25) is 5.56 Å². The summed E-state index contributed by atoms with van der Waals surface area (Å²) in [5.74, 6) is 0.819. The molecule has 1 aromatic rings. The van der Waals surface area contributed by atoms with Crippen molar-refractivity contribution in [2.45, 2.75) is 33.2 Å². The van der Waals surface area contributed by atoms with Crippen molar-refractivity contribution in [1.29, 1.82) is 0 Å². The zero-order valence-electron chi connectivity index (χ0n) is 14.1. The Morgan fingerprint density at radius 2 is 2.09 bits per heavy atom. The zero-order chi connectivity index (χ0) is 16.0. The fourth-order valence-corrected chi connectivity index (χ4v) is 1.96. The maximum atomic E-state index is 11.6. The summed E-state index contributed by atoms with van der Waals surface area (Å²) >= 11 is 0. The number of aryl methyl sites for hydroxylation is 1. The second-order valence-electron chi connectivity index (χ2n) is 4.82. The van der Waals surface area contributed by atoms with Crippen LogP contribution in [0.4, 0.5) is 0 Å². The topological polar surface area (TPSA) is 67.7 Å². The second kappa shape index (κ2) is 14.5. The first-order valence-electron chi connectivity index (χ1n) is 8.03. The first kappa shape index (κ1) is 21.9. The van der Waals surface area contributed by atoms with Crippen LogP contribution in [-0.2, 0) is 11.3 Å². The molecule has 0 aliphatic heterocycles. The molecule has 1 rings (SSSR count). The van der Waals surface area contributed by atoms with E-state index < -0.39 is 0 Å². The Hall–Kier alpha value is -1.09. The maximum Gasteiger partial charge on any atom is 0.250 e.